The Kier molecular flexibility index (Phi) is 62.0. The van der Waals surface area contributed by atoms with Crippen LogP contribution in [0.3, 0.4) is 0 Å². The molecular weight excluding hydrogens is 359 g/mol. The van der Waals surface area contributed by atoms with E-state index in [4.69, 9.17) is 8.43 Å². The Balaban J connectivity index is -0.0000000272. The molecule has 160 valence electrons. The van der Waals surface area contributed by atoms with Crippen molar-refractivity contribution in [2.24, 2.45) is 0 Å². The highest BCUT2D eigenvalue weighted by atomic mass is 31.2. The normalized spacial score (nSPS) is 14.5. The van der Waals surface area contributed by atoms with Crippen molar-refractivity contribution in [2.75, 3.05) is 6.66 Å². The van der Waals surface area contributed by atoms with Crippen LogP contribution in [0.1, 0.15) is 66.8 Å². The minimum absolute atomic E-state index is 0. The van der Waals surface area contributed by atoms with E-state index in [1.807, 2.05) is 0 Å². The molecular formula is C16H53O5PSi2. The van der Waals surface area contributed by atoms with E-state index in [-0.39, 0.29) is 66.8 Å². The third-order valence-corrected chi connectivity index (χ3v) is 8.58. The minimum Gasteiger partial charge on any atom is -0.408 e. The first-order valence-corrected chi connectivity index (χ1v) is 11.1. The lowest BCUT2D eigenvalue weighted by atomic mass is 11.3. The maximum Gasteiger partial charge on any atom is 0.366 e. The molecule has 0 fully saturated rings. The average Bonchev–Trinajstić information content (AvgIpc) is 2.00. The lowest BCUT2D eigenvalue weighted by molar-refractivity contribution is 0.314. The lowest BCUT2D eigenvalue weighted by Crippen LogP contribution is -2.35. The quantitative estimate of drug-likeness (QED) is 0.358. The zero-order valence-electron chi connectivity index (χ0n) is 9.14. The van der Waals surface area contributed by atoms with Gasteiger partial charge in [-0.3, -0.25) is 4.57 Å². The van der Waals surface area contributed by atoms with Gasteiger partial charge in [0.1, 0.15) is 0 Å². The van der Waals surface area contributed by atoms with Crippen molar-refractivity contribution >= 4 is 24.7 Å². The Morgan fingerprint density at radius 2 is 0.917 bits per heavy atom. The van der Waals surface area contributed by atoms with Gasteiger partial charge in [-0.2, -0.15) is 0 Å². The summed E-state index contributed by atoms with van der Waals surface area (Å²) in [6, 6.07) is 0. The van der Waals surface area contributed by atoms with Crippen LogP contribution in [0.15, 0.2) is 24.6 Å². The van der Waals surface area contributed by atoms with Crippen LogP contribution in [0.4, 0.5) is 0 Å². The summed E-state index contributed by atoms with van der Waals surface area (Å²) in [6.45, 7) is 10.8. The molecule has 0 radical (unpaired) electrons. The summed E-state index contributed by atoms with van der Waals surface area (Å²) in [6.07, 6.45) is 0. The summed E-state index contributed by atoms with van der Waals surface area (Å²) in [5.74, 6) is 0. The predicted octanol–water partition coefficient (Wildman–Crippen LogP) is 7.15. The van der Waals surface area contributed by atoms with E-state index in [2.05, 4.69) is 13.2 Å². The monoisotopic (exact) mass is 412 g/mol. The Labute approximate surface area is 158 Å². The van der Waals surface area contributed by atoms with Crippen LogP contribution in [-0.4, -0.2) is 33.4 Å². The molecule has 2 atom stereocenters. The third-order valence-electron chi connectivity index (χ3n) is 1.46. The van der Waals surface area contributed by atoms with Crippen LogP contribution < -0.4 is 0 Å². The SMILES string of the molecule is C.C.C.C.C.C.C.C.C.C=C[Si](C)(O)OP(C)(=O)O[Si](C)(O)C=C. The second kappa shape index (κ2) is 23.0. The van der Waals surface area contributed by atoms with Gasteiger partial charge in [-0.1, -0.05) is 66.8 Å². The molecule has 24 heavy (non-hydrogen) atoms. The fourth-order valence-electron chi connectivity index (χ4n) is 0.765. The van der Waals surface area contributed by atoms with E-state index in [0.717, 1.165) is 0 Å². The van der Waals surface area contributed by atoms with Crippen LogP contribution in [0.25, 0.3) is 0 Å². The summed E-state index contributed by atoms with van der Waals surface area (Å²) < 4.78 is 21.7. The third kappa shape index (κ3) is 29.9. The highest BCUT2D eigenvalue weighted by Gasteiger charge is 2.38. The van der Waals surface area contributed by atoms with E-state index >= 15 is 0 Å². The summed E-state index contributed by atoms with van der Waals surface area (Å²) in [7, 11) is -9.83. The van der Waals surface area contributed by atoms with Crippen LogP contribution in [0, 0.1) is 0 Å². The molecule has 0 amide bonds. The van der Waals surface area contributed by atoms with Crippen molar-refractivity contribution < 1.29 is 22.6 Å². The topological polar surface area (TPSA) is 76.0 Å². The molecule has 0 aromatic heterocycles. The first-order chi connectivity index (χ1) is 6.54. The first kappa shape index (κ1) is 64.8. The van der Waals surface area contributed by atoms with E-state index in [1.54, 1.807) is 0 Å². The van der Waals surface area contributed by atoms with E-state index < -0.39 is 24.7 Å². The van der Waals surface area contributed by atoms with Crippen LogP contribution in [0.5, 0.6) is 0 Å². The van der Waals surface area contributed by atoms with Crippen molar-refractivity contribution in [2.45, 2.75) is 79.9 Å². The lowest BCUT2D eigenvalue weighted by Gasteiger charge is -2.26. The molecule has 0 bridgehead atoms. The van der Waals surface area contributed by atoms with Gasteiger partial charge in [-0.25, -0.2) is 0 Å². The highest BCUT2D eigenvalue weighted by molar-refractivity contribution is 7.56. The van der Waals surface area contributed by atoms with E-state index in [1.165, 1.54) is 31.2 Å². The van der Waals surface area contributed by atoms with Crippen molar-refractivity contribution in [1.82, 2.24) is 0 Å². The fourth-order valence-corrected chi connectivity index (χ4v) is 7.22. The molecule has 8 heteroatoms. The number of rotatable bonds is 6. The van der Waals surface area contributed by atoms with Gasteiger partial charge in [0.15, 0.2) is 0 Å². The zero-order valence-corrected chi connectivity index (χ0v) is 12.0. The second-order valence-electron chi connectivity index (χ2n) is 3.47. The van der Waals surface area contributed by atoms with Crippen LogP contribution in [-0.2, 0) is 13.0 Å². The van der Waals surface area contributed by atoms with Crippen molar-refractivity contribution in [3.63, 3.8) is 0 Å². The van der Waals surface area contributed by atoms with Crippen molar-refractivity contribution in [3.05, 3.63) is 24.6 Å². The first-order valence-electron chi connectivity index (χ1n) is 4.24. The van der Waals surface area contributed by atoms with Gasteiger partial charge in [0, 0.05) is 6.66 Å². The summed E-state index contributed by atoms with van der Waals surface area (Å²) in [5, 5.41) is 0. The molecule has 5 nitrogen and oxygen atoms in total. The maximum absolute atomic E-state index is 11.8. The van der Waals surface area contributed by atoms with E-state index in [0.29, 0.717) is 0 Å². The molecule has 2 N–H and O–H groups in total. The van der Waals surface area contributed by atoms with Gasteiger partial charge in [-0.15, -0.1) is 13.2 Å². The molecule has 0 aromatic rings. The van der Waals surface area contributed by atoms with Crippen molar-refractivity contribution in [1.29, 1.82) is 0 Å². The molecule has 2 unspecified atom stereocenters. The summed E-state index contributed by atoms with van der Waals surface area (Å²) in [4.78, 5) is 19.2. The average molecular weight is 413 g/mol. The van der Waals surface area contributed by atoms with Gasteiger partial charge in [0.05, 0.1) is 0 Å². The maximum atomic E-state index is 11.8. The molecule has 0 saturated heterocycles. The minimum atomic E-state index is -3.49. The zero-order chi connectivity index (χ0) is 12.3. The van der Waals surface area contributed by atoms with Crippen LogP contribution >= 0.6 is 7.60 Å². The molecule has 0 aliphatic rings. The smallest absolute Gasteiger partial charge is 0.366 e. The van der Waals surface area contributed by atoms with Crippen LogP contribution in [0.2, 0.25) is 13.1 Å². The predicted molar refractivity (Wildman–Crippen MR) is 124 cm³/mol. The van der Waals surface area contributed by atoms with Crippen molar-refractivity contribution in [3.8, 4) is 0 Å². The molecule has 0 heterocycles. The summed E-state index contributed by atoms with van der Waals surface area (Å²) >= 11 is 0. The Hall–Kier alpha value is -0.0162. The fraction of sp³-hybridized carbons (Fsp3) is 0.750. The standard InChI is InChI=1S/C7H17O5PSi2.9CH4/c1-6-14(4,9)11-13(3,8)12-15(5,10)7-2;;;;;;;;;/h6-7,9-10H,1-2H2,3-5H3;9*1H4. The Bertz CT molecular complexity index is 283. The largest absolute Gasteiger partial charge is 0.408 e. The number of hydrogen-bond acceptors (Lipinski definition) is 5. The second-order valence-corrected chi connectivity index (χ2v) is 11.5. The van der Waals surface area contributed by atoms with Gasteiger partial charge in [-0.05, 0) is 24.5 Å². The Morgan fingerprint density at radius 1 is 0.750 bits per heavy atom. The van der Waals surface area contributed by atoms with E-state index in [9.17, 15) is 14.2 Å². The molecule has 0 spiro atoms. The number of hydrogen-bond donors (Lipinski definition) is 2. The molecule has 0 aliphatic heterocycles. The highest BCUT2D eigenvalue weighted by Crippen LogP contribution is 2.48. The van der Waals surface area contributed by atoms with Gasteiger partial charge in [0.25, 0.3) is 0 Å². The Morgan fingerprint density at radius 3 is 1.04 bits per heavy atom. The molecule has 0 aliphatic carbocycles. The molecule has 0 saturated carbocycles. The van der Waals surface area contributed by atoms with Gasteiger partial charge in [0.2, 0.25) is 0 Å². The summed E-state index contributed by atoms with van der Waals surface area (Å²) in [5.41, 5.74) is 2.44. The van der Waals surface area contributed by atoms with Gasteiger partial charge >= 0.3 is 24.7 Å². The molecule has 0 aromatic carbocycles. The molecule has 0 rings (SSSR count). The van der Waals surface area contributed by atoms with Gasteiger partial charge < -0.3 is 18.0 Å².